The number of methoxy groups -OCH3 is 1. The Hall–Kier alpha value is -1.92. The van der Waals surface area contributed by atoms with Crippen LogP contribution in [0.4, 0.5) is 4.39 Å². The van der Waals surface area contributed by atoms with Crippen molar-refractivity contribution >= 4 is 21.9 Å². The minimum atomic E-state index is -1.04. The van der Waals surface area contributed by atoms with Gasteiger partial charge in [-0.1, -0.05) is 40.2 Å². The molecule has 2 rings (SSSR count). The Morgan fingerprint density at radius 1 is 1.25 bits per heavy atom. The van der Waals surface area contributed by atoms with E-state index in [1.165, 1.54) is 19.2 Å². The maximum absolute atomic E-state index is 13.2. The molecule has 0 fully saturated rings. The van der Waals surface area contributed by atoms with E-state index in [9.17, 15) is 9.18 Å². The molecule has 0 saturated carbocycles. The summed E-state index contributed by atoms with van der Waals surface area (Å²) >= 11 is 3.32. The number of halogens is 2. The summed E-state index contributed by atoms with van der Waals surface area (Å²) in [6, 6.07) is 13.6. The van der Waals surface area contributed by atoms with Crippen molar-refractivity contribution in [1.82, 2.24) is 5.32 Å². The van der Waals surface area contributed by atoms with Gasteiger partial charge < -0.3 is 9.47 Å². The molecule has 0 aliphatic rings. The molecule has 0 aliphatic carbocycles. The Morgan fingerprint density at radius 3 is 2.58 bits per heavy atom. The number of para-hydroxylation sites is 1. The highest BCUT2D eigenvalue weighted by Gasteiger charge is 2.35. The van der Waals surface area contributed by atoms with E-state index < -0.39 is 11.5 Å². The maximum Gasteiger partial charge on any atom is 0.329 e. The van der Waals surface area contributed by atoms with E-state index in [4.69, 9.17) is 9.47 Å². The minimum absolute atomic E-state index is 0.0997. The molecule has 4 nitrogen and oxygen atoms in total. The molecule has 0 aliphatic heterocycles. The van der Waals surface area contributed by atoms with Crippen LogP contribution >= 0.6 is 15.9 Å². The van der Waals surface area contributed by atoms with Crippen LogP contribution in [0.15, 0.2) is 53.0 Å². The summed E-state index contributed by atoms with van der Waals surface area (Å²) in [6.45, 7) is 2.16. The van der Waals surface area contributed by atoms with Crippen LogP contribution in [0.3, 0.4) is 0 Å². The van der Waals surface area contributed by atoms with Gasteiger partial charge in [0.05, 0.1) is 7.11 Å². The largest absolute Gasteiger partial charge is 0.491 e. The van der Waals surface area contributed by atoms with E-state index in [2.05, 4.69) is 21.2 Å². The SMILES string of the molecule is COC(=O)C(C)(COc1ccccc1)NCc1ccc(F)cc1Br. The van der Waals surface area contributed by atoms with Gasteiger partial charge in [-0.3, -0.25) is 5.32 Å². The number of ether oxygens (including phenoxy) is 2. The molecule has 0 saturated heterocycles. The Balaban J connectivity index is 2.07. The maximum atomic E-state index is 13.2. The lowest BCUT2D eigenvalue weighted by atomic mass is 10.0. The van der Waals surface area contributed by atoms with E-state index in [1.807, 2.05) is 30.3 Å². The van der Waals surface area contributed by atoms with Crippen molar-refractivity contribution in [2.24, 2.45) is 0 Å². The summed E-state index contributed by atoms with van der Waals surface area (Å²) in [5.41, 5.74) is -0.218. The smallest absolute Gasteiger partial charge is 0.329 e. The van der Waals surface area contributed by atoms with Crippen molar-refractivity contribution < 1.29 is 18.7 Å². The molecule has 2 aromatic rings. The summed E-state index contributed by atoms with van der Waals surface area (Å²) in [7, 11) is 1.33. The second-order valence-corrected chi connectivity index (χ2v) is 6.37. The summed E-state index contributed by atoms with van der Waals surface area (Å²) in [4.78, 5) is 12.2. The number of carbonyl (C=O) groups is 1. The van der Waals surface area contributed by atoms with E-state index in [-0.39, 0.29) is 12.4 Å². The van der Waals surface area contributed by atoms with Crippen molar-refractivity contribution in [3.63, 3.8) is 0 Å². The van der Waals surface area contributed by atoms with Crippen molar-refractivity contribution in [3.05, 3.63) is 64.4 Å². The highest BCUT2D eigenvalue weighted by molar-refractivity contribution is 9.10. The highest BCUT2D eigenvalue weighted by Crippen LogP contribution is 2.20. The van der Waals surface area contributed by atoms with Gasteiger partial charge in [0, 0.05) is 11.0 Å². The van der Waals surface area contributed by atoms with Crippen molar-refractivity contribution in [3.8, 4) is 5.75 Å². The van der Waals surface area contributed by atoms with Gasteiger partial charge in [0.1, 0.15) is 23.7 Å². The standard InChI is InChI=1S/C18H19BrFNO3/c1-18(17(22)23-2,12-24-15-6-4-3-5-7-15)21-11-13-8-9-14(20)10-16(13)19/h3-10,21H,11-12H2,1-2H3. The number of hydrogen-bond donors (Lipinski definition) is 1. The summed E-state index contributed by atoms with van der Waals surface area (Å²) in [5.74, 6) is -0.0946. The van der Waals surface area contributed by atoms with Gasteiger partial charge in [0.15, 0.2) is 0 Å². The molecule has 1 N–H and O–H groups in total. The van der Waals surface area contributed by atoms with Gasteiger partial charge in [-0.25, -0.2) is 9.18 Å². The first-order valence-corrected chi connectivity index (χ1v) is 8.19. The van der Waals surface area contributed by atoms with E-state index in [0.717, 1.165) is 5.56 Å². The zero-order chi connectivity index (χ0) is 17.6. The second kappa shape index (κ2) is 8.26. The van der Waals surface area contributed by atoms with Crippen molar-refractivity contribution in [2.45, 2.75) is 19.0 Å². The van der Waals surface area contributed by atoms with E-state index >= 15 is 0 Å². The predicted molar refractivity (Wildman–Crippen MR) is 93.3 cm³/mol. The third-order valence-electron chi connectivity index (χ3n) is 3.59. The lowest BCUT2D eigenvalue weighted by Gasteiger charge is -2.28. The quantitative estimate of drug-likeness (QED) is 0.726. The Morgan fingerprint density at radius 2 is 1.96 bits per heavy atom. The first-order chi connectivity index (χ1) is 11.4. The first-order valence-electron chi connectivity index (χ1n) is 7.40. The molecule has 0 bridgehead atoms. The highest BCUT2D eigenvalue weighted by atomic mass is 79.9. The topological polar surface area (TPSA) is 47.6 Å². The molecule has 1 atom stereocenters. The zero-order valence-corrected chi connectivity index (χ0v) is 15.1. The lowest BCUT2D eigenvalue weighted by molar-refractivity contribution is -0.149. The lowest BCUT2D eigenvalue weighted by Crippen LogP contribution is -2.54. The number of rotatable bonds is 7. The number of nitrogens with one attached hydrogen (secondary N) is 1. The fourth-order valence-corrected chi connectivity index (χ4v) is 2.60. The Kier molecular flexibility index (Phi) is 6.34. The average molecular weight is 396 g/mol. The van der Waals surface area contributed by atoms with Gasteiger partial charge in [0.2, 0.25) is 0 Å². The molecule has 0 aromatic heterocycles. The number of carbonyl (C=O) groups excluding carboxylic acids is 1. The fourth-order valence-electron chi connectivity index (χ4n) is 2.11. The van der Waals surface area contributed by atoms with Gasteiger partial charge in [-0.2, -0.15) is 0 Å². The van der Waals surface area contributed by atoms with Crippen LogP contribution < -0.4 is 10.1 Å². The molecular formula is C18H19BrFNO3. The van der Waals surface area contributed by atoms with Crippen LogP contribution in [0.2, 0.25) is 0 Å². The monoisotopic (exact) mass is 395 g/mol. The van der Waals surface area contributed by atoms with Crippen LogP contribution in [0, 0.1) is 5.82 Å². The molecule has 0 heterocycles. The number of esters is 1. The van der Waals surface area contributed by atoms with E-state index in [1.54, 1.807) is 13.0 Å². The minimum Gasteiger partial charge on any atom is -0.491 e. The molecule has 1 unspecified atom stereocenters. The summed E-state index contributed by atoms with van der Waals surface area (Å²) in [5, 5.41) is 3.14. The van der Waals surface area contributed by atoms with Crippen LogP contribution in [0.5, 0.6) is 5.75 Å². The first kappa shape index (κ1) is 18.4. The van der Waals surface area contributed by atoms with Crippen LogP contribution in [-0.2, 0) is 16.1 Å². The fraction of sp³-hybridized carbons (Fsp3) is 0.278. The normalized spacial score (nSPS) is 13.2. The predicted octanol–water partition coefficient (Wildman–Crippen LogP) is 3.69. The third kappa shape index (κ3) is 4.79. The third-order valence-corrected chi connectivity index (χ3v) is 4.33. The zero-order valence-electron chi connectivity index (χ0n) is 13.5. The molecule has 24 heavy (non-hydrogen) atoms. The number of benzene rings is 2. The number of hydrogen-bond acceptors (Lipinski definition) is 4. The molecule has 128 valence electrons. The molecule has 6 heteroatoms. The van der Waals surface area contributed by atoms with Gasteiger partial charge in [-0.05, 0) is 36.8 Å². The summed E-state index contributed by atoms with van der Waals surface area (Å²) in [6.07, 6.45) is 0. The van der Waals surface area contributed by atoms with Gasteiger partial charge in [0.25, 0.3) is 0 Å². The molecular weight excluding hydrogens is 377 g/mol. The Labute approximate surface area is 149 Å². The van der Waals surface area contributed by atoms with Crippen LogP contribution in [-0.4, -0.2) is 25.2 Å². The van der Waals surface area contributed by atoms with Crippen molar-refractivity contribution in [1.29, 1.82) is 0 Å². The average Bonchev–Trinajstić information content (AvgIpc) is 2.59. The van der Waals surface area contributed by atoms with Crippen LogP contribution in [0.25, 0.3) is 0 Å². The summed E-state index contributed by atoms with van der Waals surface area (Å²) < 4.78 is 24.4. The van der Waals surface area contributed by atoms with Crippen molar-refractivity contribution in [2.75, 3.05) is 13.7 Å². The Bertz CT molecular complexity index is 696. The van der Waals surface area contributed by atoms with Crippen LogP contribution in [0.1, 0.15) is 12.5 Å². The van der Waals surface area contributed by atoms with Gasteiger partial charge in [-0.15, -0.1) is 0 Å². The van der Waals surface area contributed by atoms with Gasteiger partial charge >= 0.3 is 5.97 Å². The molecule has 2 aromatic carbocycles. The molecule has 0 amide bonds. The molecule has 0 radical (unpaired) electrons. The van der Waals surface area contributed by atoms with E-state index in [0.29, 0.717) is 16.8 Å². The second-order valence-electron chi connectivity index (χ2n) is 5.51. The molecule has 0 spiro atoms.